The molecule has 2 atom stereocenters. The second-order valence-electron chi connectivity index (χ2n) is 8.95. The maximum Gasteiger partial charge on any atom is 0.273 e. The summed E-state index contributed by atoms with van der Waals surface area (Å²) in [6.07, 6.45) is 2.74. The molecular weight excluding hydrogens is 470 g/mol. The van der Waals surface area contributed by atoms with E-state index in [4.69, 9.17) is 0 Å². The normalized spacial score (nSPS) is 22.0. The second-order valence-corrected chi connectivity index (χ2v) is 13.1. The van der Waals surface area contributed by atoms with Crippen molar-refractivity contribution in [3.8, 4) is 0 Å². The quantitative estimate of drug-likeness (QED) is 0.637. The predicted molar refractivity (Wildman–Crippen MR) is 121 cm³/mol. The minimum atomic E-state index is -1.15. The predicted octanol–water partition coefficient (Wildman–Crippen LogP) is 4.48. The number of thiazole rings is 1. The highest BCUT2D eigenvalue weighted by molar-refractivity contribution is 9.11. The summed E-state index contributed by atoms with van der Waals surface area (Å²) in [4.78, 5) is 19.0. The van der Waals surface area contributed by atoms with Gasteiger partial charge in [-0.05, 0) is 67.1 Å². The van der Waals surface area contributed by atoms with Crippen molar-refractivity contribution in [3.05, 3.63) is 50.4 Å². The zero-order valence-electron chi connectivity index (χ0n) is 16.9. The van der Waals surface area contributed by atoms with Crippen LogP contribution in [0.15, 0.2) is 33.6 Å². The number of aromatic nitrogens is 1. The third-order valence-electron chi connectivity index (χ3n) is 6.04. The largest absolute Gasteiger partial charge is 0.598 e. The number of hydrogen-bond donors (Lipinski definition) is 1. The Morgan fingerprint density at radius 1 is 1.34 bits per heavy atom. The van der Waals surface area contributed by atoms with Gasteiger partial charge in [0.05, 0.1) is 6.04 Å². The van der Waals surface area contributed by atoms with Gasteiger partial charge in [0.15, 0.2) is 3.92 Å². The van der Waals surface area contributed by atoms with Crippen molar-refractivity contribution in [1.82, 2.24) is 14.6 Å². The highest BCUT2D eigenvalue weighted by Gasteiger charge is 2.50. The molecule has 1 saturated heterocycles. The lowest BCUT2D eigenvalue weighted by Crippen LogP contribution is -2.50. The molecule has 1 aliphatic carbocycles. The third-order valence-corrected chi connectivity index (χ3v) is 8.97. The van der Waals surface area contributed by atoms with E-state index in [2.05, 4.69) is 49.9 Å². The van der Waals surface area contributed by atoms with Crippen molar-refractivity contribution in [2.45, 2.75) is 50.8 Å². The number of hydrogen-bond acceptors (Lipinski definition) is 5. The molecule has 1 unspecified atom stereocenters. The number of halogens is 1. The van der Waals surface area contributed by atoms with Crippen molar-refractivity contribution < 1.29 is 9.35 Å². The average Bonchev–Trinajstić information content (AvgIpc) is 3.23. The summed E-state index contributed by atoms with van der Waals surface area (Å²) in [5.74, 6) is 0.0000817. The van der Waals surface area contributed by atoms with E-state index in [1.165, 1.54) is 22.5 Å². The molecule has 1 aromatic carbocycles. The van der Waals surface area contributed by atoms with Crippen molar-refractivity contribution in [3.63, 3.8) is 0 Å². The van der Waals surface area contributed by atoms with Crippen LogP contribution in [0.3, 0.4) is 0 Å². The van der Waals surface area contributed by atoms with E-state index in [9.17, 15) is 9.35 Å². The summed E-state index contributed by atoms with van der Waals surface area (Å²) < 4.78 is 16.8. The standard InChI is InChI=1S/C21H26BrN3O2S2/c1-20(2,3)29(27)24-17-15-7-5-4-6-14(15)12-21(17)8-10-25(11-9-21)18(26)16-13-28-19(22)23-16/h4-7,13,17,24H,8-12H2,1-3H3/t17-,29?/m1/s1. The molecule has 4 rings (SSSR count). The maximum absolute atomic E-state index is 12.9. The minimum absolute atomic E-state index is 0.0000817. The Bertz CT molecular complexity index is 903. The molecule has 0 radical (unpaired) electrons. The Kier molecular flexibility index (Phi) is 5.85. The third kappa shape index (κ3) is 4.14. The molecule has 0 saturated carbocycles. The molecule has 29 heavy (non-hydrogen) atoms. The monoisotopic (exact) mass is 495 g/mol. The van der Waals surface area contributed by atoms with E-state index < -0.39 is 11.4 Å². The molecule has 1 fully saturated rings. The van der Waals surface area contributed by atoms with Gasteiger partial charge in [-0.2, -0.15) is 0 Å². The van der Waals surface area contributed by atoms with Crippen molar-refractivity contribution in [1.29, 1.82) is 0 Å². The fourth-order valence-electron chi connectivity index (χ4n) is 4.39. The van der Waals surface area contributed by atoms with Crippen LogP contribution in [0.4, 0.5) is 0 Å². The summed E-state index contributed by atoms with van der Waals surface area (Å²) in [6.45, 7) is 7.38. The first-order valence-corrected chi connectivity index (χ1v) is 12.7. The van der Waals surface area contributed by atoms with Gasteiger partial charge in [-0.15, -0.1) is 16.1 Å². The number of benzene rings is 1. The number of carbonyl (C=O) groups is 1. The van der Waals surface area contributed by atoms with Crippen LogP contribution >= 0.6 is 27.3 Å². The molecule has 2 heterocycles. The van der Waals surface area contributed by atoms with Crippen LogP contribution in [-0.4, -0.2) is 38.2 Å². The molecular formula is C21H26BrN3O2S2. The van der Waals surface area contributed by atoms with E-state index in [1.54, 1.807) is 5.38 Å². The molecule has 0 bridgehead atoms. The van der Waals surface area contributed by atoms with Gasteiger partial charge in [-0.1, -0.05) is 24.3 Å². The smallest absolute Gasteiger partial charge is 0.273 e. The van der Waals surface area contributed by atoms with Crippen LogP contribution in [0, 0.1) is 5.41 Å². The molecule has 156 valence electrons. The van der Waals surface area contributed by atoms with E-state index in [-0.39, 0.29) is 22.1 Å². The lowest BCUT2D eigenvalue weighted by atomic mass is 9.73. The molecule has 1 N–H and O–H groups in total. The summed E-state index contributed by atoms with van der Waals surface area (Å²) in [5, 5.41) is 1.80. The highest BCUT2D eigenvalue weighted by atomic mass is 79.9. The summed E-state index contributed by atoms with van der Waals surface area (Å²) >= 11 is 3.62. The number of nitrogens with zero attached hydrogens (tertiary/aromatic N) is 2. The lowest BCUT2D eigenvalue weighted by Gasteiger charge is -2.43. The molecule has 8 heteroatoms. The zero-order valence-corrected chi connectivity index (χ0v) is 20.1. The Morgan fingerprint density at radius 3 is 2.66 bits per heavy atom. The van der Waals surface area contributed by atoms with Crippen molar-refractivity contribution in [2.24, 2.45) is 5.41 Å². The van der Waals surface area contributed by atoms with Crippen LogP contribution in [-0.2, 0) is 17.8 Å². The van der Waals surface area contributed by atoms with Crippen LogP contribution in [0.2, 0.25) is 0 Å². The van der Waals surface area contributed by atoms with Crippen LogP contribution in [0.1, 0.15) is 61.3 Å². The van der Waals surface area contributed by atoms with Crippen molar-refractivity contribution >= 4 is 44.5 Å². The summed E-state index contributed by atoms with van der Waals surface area (Å²) in [5.41, 5.74) is 3.09. The Labute approximate surface area is 187 Å². The fraction of sp³-hybridized carbons (Fsp3) is 0.524. The van der Waals surface area contributed by atoms with Gasteiger partial charge in [0.2, 0.25) is 0 Å². The van der Waals surface area contributed by atoms with E-state index in [0.717, 1.165) is 23.2 Å². The van der Waals surface area contributed by atoms with E-state index in [0.29, 0.717) is 18.8 Å². The number of rotatable bonds is 3. The molecule has 1 amide bonds. The van der Waals surface area contributed by atoms with E-state index in [1.807, 2.05) is 25.7 Å². The summed E-state index contributed by atoms with van der Waals surface area (Å²) in [7, 11) is 0. The SMILES string of the molecule is CC(C)(C)[S+]([O-])N[C@@H]1c2ccccc2CC12CCN(C(=O)c1csc(Br)n1)CC2. The van der Waals surface area contributed by atoms with Crippen molar-refractivity contribution in [2.75, 3.05) is 13.1 Å². The Balaban J connectivity index is 1.54. The van der Waals surface area contributed by atoms with Gasteiger partial charge in [0.25, 0.3) is 5.91 Å². The number of fused-ring (bicyclic) bond motifs is 1. The van der Waals surface area contributed by atoms with Gasteiger partial charge < -0.3 is 9.45 Å². The van der Waals surface area contributed by atoms with Gasteiger partial charge in [0.1, 0.15) is 10.4 Å². The first-order chi connectivity index (χ1) is 13.7. The number of likely N-dealkylation sites (tertiary alicyclic amines) is 1. The highest BCUT2D eigenvalue weighted by Crippen LogP contribution is 2.52. The molecule has 2 aromatic rings. The Hall–Kier alpha value is -0.930. The molecule has 1 aromatic heterocycles. The lowest BCUT2D eigenvalue weighted by molar-refractivity contribution is 0.0522. The van der Waals surface area contributed by atoms with Crippen LogP contribution < -0.4 is 4.72 Å². The average molecular weight is 496 g/mol. The molecule has 1 aliphatic heterocycles. The summed E-state index contributed by atoms with van der Waals surface area (Å²) in [6, 6.07) is 8.53. The van der Waals surface area contributed by atoms with Crippen LogP contribution in [0.5, 0.6) is 0 Å². The topological polar surface area (TPSA) is 68.3 Å². The van der Waals surface area contributed by atoms with Crippen LogP contribution in [0.25, 0.3) is 0 Å². The van der Waals surface area contributed by atoms with Gasteiger partial charge in [0, 0.05) is 35.2 Å². The first kappa shape index (κ1) is 21.3. The Morgan fingerprint density at radius 2 is 2.03 bits per heavy atom. The molecule has 5 nitrogen and oxygen atoms in total. The molecule has 2 aliphatic rings. The van der Waals surface area contributed by atoms with Gasteiger partial charge in [-0.25, -0.2) is 4.98 Å². The number of amides is 1. The number of piperidine rings is 1. The van der Waals surface area contributed by atoms with Gasteiger partial charge >= 0.3 is 0 Å². The number of carbonyl (C=O) groups excluding carboxylic acids is 1. The van der Waals surface area contributed by atoms with Gasteiger partial charge in [-0.3, -0.25) is 4.79 Å². The first-order valence-electron chi connectivity index (χ1n) is 9.86. The number of nitrogens with one attached hydrogen (secondary N) is 1. The second kappa shape index (κ2) is 7.96. The maximum atomic E-state index is 12.9. The van der Waals surface area contributed by atoms with E-state index >= 15 is 0 Å². The fourth-order valence-corrected chi connectivity index (χ4v) is 6.32. The molecule has 1 spiro atoms. The minimum Gasteiger partial charge on any atom is -0.598 e. The zero-order chi connectivity index (χ0) is 20.8.